The maximum atomic E-state index is 12.8. The highest BCUT2D eigenvalue weighted by atomic mass is 32.2. The molecule has 0 aliphatic rings. The first-order valence-electron chi connectivity index (χ1n) is 10.5. The van der Waals surface area contributed by atoms with Crippen LogP contribution in [0.5, 0.6) is 17.4 Å². The van der Waals surface area contributed by atoms with E-state index < -0.39 is 10.0 Å². The van der Waals surface area contributed by atoms with E-state index in [1.807, 2.05) is 24.3 Å². The average Bonchev–Trinajstić information content (AvgIpc) is 3.26. The van der Waals surface area contributed by atoms with Crippen molar-refractivity contribution in [3.8, 4) is 28.8 Å². The van der Waals surface area contributed by atoms with Crippen LogP contribution < -0.4 is 18.9 Å². The van der Waals surface area contributed by atoms with Gasteiger partial charge in [-0.25, -0.2) is 13.1 Å². The minimum Gasteiger partial charge on any atom is -0.497 e. The second-order valence-corrected chi connectivity index (χ2v) is 9.26. The predicted octanol–water partition coefficient (Wildman–Crippen LogP) is 2.78. The quantitative estimate of drug-likeness (QED) is 0.361. The van der Waals surface area contributed by atoms with Crippen LogP contribution in [0.3, 0.4) is 0 Å². The Bertz CT molecular complexity index is 1420. The Hall–Kier alpha value is -3.70. The standard InChI is InChI=1S/C23H25N5O5S/c1-15-14-20(16(2)13-19(15)32-4)34(29,30)24-11-12-33-22-10-9-21-25-26-23(28(21)27-22)17-5-7-18(31-3)8-6-17/h5-10,13-14,24H,11-12H2,1-4H3. The van der Waals surface area contributed by atoms with Crippen LogP contribution in [0.25, 0.3) is 17.0 Å². The number of hydrogen-bond acceptors (Lipinski definition) is 8. The molecule has 2 aromatic heterocycles. The van der Waals surface area contributed by atoms with E-state index in [4.69, 9.17) is 14.2 Å². The van der Waals surface area contributed by atoms with Crippen molar-refractivity contribution in [3.05, 3.63) is 59.7 Å². The first kappa shape index (κ1) is 23.5. The summed E-state index contributed by atoms with van der Waals surface area (Å²) in [5.74, 6) is 2.24. The summed E-state index contributed by atoms with van der Waals surface area (Å²) < 4.78 is 45.8. The number of benzene rings is 2. The summed E-state index contributed by atoms with van der Waals surface area (Å²) in [5.41, 5.74) is 2.71. The van der Waals surface area contributed by atoms with Gasteiger partial charge in [-0.2, -0.15) is 4.52 Å². The van der Waals surface area contributed by atoms with Crippen molar-refractivity contribution >= 4 is 15.7 Å². The molecule has 0 amide bonds. The molecule has 178 valence electrons. The number of rotatable bonds is 9. The van der Waals surface area contributed by atoms with Gasteiger partial charge in [0.05, 0.1) is 19.1 Å². The molecule has 0 unspecified atom stereocenters. The molecule has 0 saturated heterocycles. The van der Waals surface area contributed by atoms with E-state index in [0.29, 0.717) is 28.7 Å². The van der Waals surface area contributed by atoms with E-state index in [2.05, 4.69) is 20.0 Å². The van der Waals surface area contributed by atoms with Gasteiger partial charge in [0.25, 0.3) is 0 Å². The lowest BCUT2D eigenvalue weighted by Crippen LogP contribution is -2.29. The third-order valence-corrected chi connectivity index (χ3v) is 6.82. The zero-order valence-electron chi connectivity index (χ0n) is 19.3. The van der Waals surface area contributed by atoms with Crippen LogP contribution in [0.15, 0.2) is 53.4 Å². The van der Waals surface area contributed by atoms with Crippen molar-refractivity contribution in [1.82, 2.24) is 24.5 Å². The topological polar surface area (TPSA) is 117 Å². The van der Waals surface area contributed by atoms with E-state index in [1.165, 1.54) is 0 Å². The van der Waals surface area contributed by atoms with Crippen LogP contribution in [-0.2, 0) is 10.0 Å². The SMILES string of the molecule is COc1ccc(-c2nnc3ccc(OCCNS(=O)(=O)c4cc(C)c(OC)cc4C)nn23)cc1. The zero-order valence-corrected chi connectivity index (χ0v) is 20.1. The minimum atomic E-state index is -3.71. The Labute approximate surface area is 197 Å². The Morgan fingerprint density at radius 3 is 2.41 bits per heavy atom. The number of fused-ring (bicyclic) bond motifs is 1. The number of sulfonamides is 1. The van der Waals surface area contributed by atoms with Gasteiger partial charge in [0.15, 0.2) is 11.5 Å². The Morgan fingerprint density at radius 1 is 0.941 bits per heavy atom. The van der Waals surface area contributed by atoms with Crippen LogP contribution >= 0.6 is 0 Å². The predicted molar refractivity (Wildman–Crippen MR) is 126 cm³/mol. The first-order valence-corrected chi connectivity index (χ1v) is 12.0. The Balaban J connectivity index is 1.43. The molecule has 34 heavy (non-hydrogen) atoms. The monoisotopic (exact) mass is 483 g/mol. The number of nitrogens with zero attached hydrogens (tertiary/aromatic N) is 4. The summed E-state index contributed by atoms with van der Waals surface area (Å²) in [7, 11) is -0.553. The first-order chi connectivity index (χ1) is 16.3. The molecule has 0 bridgehead atoms. The second kappa shape index (κ2) is 9.65. The number of nitrogens with one attached hydrogen (secondary N) is 1. The van der Waals surface area contributed by atoms with Crippen LogP contribution in [0.2, 0.25) is 0 Å². The van der Waals surface area contributed by atoms with Gasteiger partial charge < -0.3 is 14.2 Å². The number of aromatic nitrogens is 4. The lowest BCUT2D eigenvalue weighted by Gasteiger charge is -2.13. The fourth-order valence-electron chi connectivity index (χ4n) is 3.45. The Morgan fingerprint density at radius 2 is 1.71 bits per heavy atom. The molecular weight excluding hydrogens is 458 g/mol. The zero-order chi connectivity index (χ0) is 24.3. The average molecular weight is 484 g/mol. The summed E-state index contributed by atoms with van der Waals surface area (Å²) in [4.78, 5) is 0.207. The maximum absolute atomic E-state index is 12.8. The molecule has 0 spiro atoms. The molecule has 2 heterocycles. The largest absolute Gasteiger partial charge is 0.497 e. The van der Waals surface area contributed by atoms with Crippen molar-refractivity contribution in [2.24, 2.45) is 0 Å². The summed E-state index contributed by atoms with van der Waals surface area (Å²) >= 11 is 0. The van der Waals surface area contributed by atoms with Crippen molar-refractivity contribution in [2.75, 3.05) is 27.4 Å². The van der Waals surface area contributed by atoms with Crippen molar-refractivity contribution in [2.45, 2.75) is 18.7 Å². The summed E-state index contributed by atoms with van der Waals surface area (Å²) in [6, 6.07) is 14.1. The van der Waals surface area contributed by atoms with Gasteiger partial charge in [0, 0.05) is 18.2 Å². The van der Waals surface area contributed by atoms with Gasteiger partial charge in [-0.15, -0.1) is 15.3 Å². The highest BCUT2D eigenvalue weighted by Crippen LogP contribution is 2.25. The molecule has 0 atom stereocenters. The third-order valence-electron chi connectivity index (χ3n) is 5.21. The molecule has 0 saturated carbocycles. The van der Waals surface area contributed by atoms with E-state index in [9.17, 15) is 8.42 Å². The minimum absolute atomic E-state index is 0.0695. The molecule has 0 aliphatic heterocycles. The van der Waals surface area contributed by atoms with Crippen molar-refractivity contribution in [1.29, 1.82) is 0 Å². The second-order valence-electron chi connectivity index (χ2n) is 7.53. The van der Waals surface area contributed by atoms with Crippen molar-refractivity contribution in [3.63, 3.8) is 0 Å². The third kappa shape index (κ3) is 4.80. The summed E-state index contributed by atoms with van der Waals surface area (Å²) in [6.07, 6.45) is 0. The fraction of sp³-hybridized carbons (Fsp3) is 0.261. The number of hydrogen-bond donors (Lipinski definition) is 1. The van der Waals surface area contributed by atoms with E-state index in [0.717, 1.165) is 16.9 Å². The van der Waals surface area contributed by atoms with Crippen LogP contribution in [0.4, 0.5) is 0 Å². The van der Waals surface area contributed by atoms with Gasteiger partial charge in [-0.1, -0.05) is 0 Å². The number of aryl methyl sites for hydroxylation is 2. The van der Waals surface area contributed by atoms with Gasteiger partial charge in [-0.05, 0) is 67.4 Å². The molecule has 4 rings (SSSR count). The van der Waals surface area contributed by atoms with Gasteiger partial charge >= 0.3 is 0 Å². The lowest BCUT2D eigenvalue weighted by atomic mass is 10.1. The van der Waals surface area contributed by atoms with E-state index >= 15 is 0 Å². The van der Waals surface area contributed by atoms with Gasteiger partial charge in [0.2, 0.25) is 15.9 Å². The van der Waals surface area contributed by atoms with E-state index in [-0.39, 0.29) is 18.0 Å². The smallest absolute Gasteiger partial charge is 0.240 e. The molecule has 2 aromatic carbocycles. The van der Waals surface area contributed by atoms with Crippen LogP contribution in [-0.4, -0.2) is 55.6 Å². The number of ether oxygens (including phenoxy) is 3. The molecular formula is C23H25N5O5S. The fourth-order valence-corrected chi connectivity index (χ4v) is 4.77. The summed E-state index contributed by atoms with van der Waals surface area (Å²) in [5, 5.41) is 12.8. The van der Waals surface area contributed by atoms with Gasteiger partial charge in [0.1, 0.15) is 18.1 Å². The molecule has 0 radical (unpaired) electrons. The Kier molecular flexibility index (Phi) is 6.66. The molecule has 10 nitrogen and oxygen atoms in total. The summed E-state index contributed by atoms with van der Waals surface area (Å²) in [6.45, 7) is 3.69. The maximum Gasteiger partial charge on any atom is 0.240 e. The van der Waals surface area contributed by atoms with Crippen LogP contribution in [0, 0.1) is 13.8 Å². The van der Waals surface area contributed by atoms with Crippen LogP contribution in [0.1, 0.15) is 11.1 Å². The normalized spacial score (nSPS) is 11.5. The van der Waals surface area contributed by atoms with Gasteiger partial charge in [-0.3, -0.25) is 0 Å². The molecule has 4 aromatic rings. The van der Waals surface area contributed by atoms with E-state index in [1.54, 1.807) is 56.8 Å². The number of methoxy groups -OCH3 is 2. The highest BCUT2D eigenvalue weighted by Gasteiger charge is 2.18. The molecule has 1 N–H and O–H groups in total. The van der Waals surface area contributed by atoms with Crippen molar-refractivity contribution < 1.29 is 22.6 Å². The molecule has 0 fully saturated rings. The highest BCUT2D eigenvalue weighted by molar-refractivity contribution is 7.89. The molecule has 0 aliphatic carbocycles. The molecule has 11 heteroatoms. The lowest BCUT2D eigenvalue weighted by molar-refractivity contribution is 0.306.